The van der Waals surface area contributed by atoms with Gasteiger partial charge in [0.1, 0.15) is 17.6 Å². The highest BCUT2D eigenvalue weighted by Crippen LogP contribution is 2.27. The highest BCUT2D eigenvalue weighted by Gasteiger charge is 2.29. The molecule has 2 amide bonds. The largest absolute Gasteiger partial charge is 0.482 e. The van der Waals surface area contributed by atoms with Crippen molar-refractivity contribution in [1.29, 1.82) is 0 Å². The Bertz CT molecular complexity index is 875. The molecule has 30 heavy (non-hydrogen) atoms. The maximum absolute atomic E-state index is 13.3. The first-order valence-electron chi connectivity index (χ1n) is 9.63. The summed E-state index contributed by atoms with van der Waals surface area (Å²) in [4.78, 5) is 27.2. The molecular weight excluding hydrogens is 430 g/mol. The summed E-state index contributed by atoms with van der Waals surface area (Å²) in [6.07, 6.45) is 0.410. The van der Waals surface area contributed by atoms with Crippen LogP contribution < -0.4 is 10.1 Å². The van der Waals surface area contributed by atoms with Crippen LogP contribution in [0.25, 0.3) is 0 Å². The molecule has 1 N–H and O–H groups in total. The molecule has 162 valence electrons. The molecule has 0 fully saturated rings. The van der Waals surface area contributed by atoms with Gasteiger partial charge in [0, 0.05) is 17.6 Å². The molecule has 0 heterocycles. The highest BCUT2D eigenvalue weighted by molar-refractivity contribution is 6.35. The zero-order chi connectivity index (χ0) is 22.3. The lowest BCUT2D eigenvalue weighted by atomic mass is 10.1. The average Bonchev–Trinajstić information content (AvgIpc) is 2.68. The third kappa shape index (κ3) is 6.89. The third-order valence-corrected chi connectivity index (χ3v) is 4.86. The molecule has 0 saturated carbocycles. The van der Waals surface area contributed by atoms with E-state index >= 15 is 0 Å². The van der Waals surface area contributed by atoms with E-state index in [1.165, 1.54) is 23.1 Å². The molecule has 0 aliphatic rings. The van der Waals surface area contributed by atoms with Gasteiger partial charge in [0.2, 0.25) is 5.91 Å². The van der Waals surface area contributed by atoms with Gasteiger partial charge in [-0.05, 0) is 56.2 Å². The van der Waals surface area contributed by atoms with Gasteiger partial charge >= 0.3 is 0 Å². The Hall–Kier alpha value is -2.31. The van der Waals surface area contributed by atoms with Gasteiger partial charge in [-0.1, -0.05) is 42.3 Å². The summed E-state index contributed by atoms with van der Waals surface area (Å²) in [6, 6.07) is 9.73. The Morgan fingerprint density at radius 3 is 2.37 bits per heavy atom. The van der Waals surface area contributed by atoms with Crippen LogP contribution in [0, 0.1) is 5.82 Å². The Morgan fingerprint density at radius 1 is 1.13 bits per heavy atom. The van der Waals surface area contributed by atoms with Crippen LogP contribution >= 0.6 is 23.2 Å². The van der Waals surface area contributed by atoms with E-state index in [1.807, 2.05) is 20.8 Å². The minimum Gasteiger partial charge on any atom is -0.482 e. The van der Waals surface area contributed by atoms with E-state index < -0.39 is 11.9 Å². The van der Waals surface area contributed by atoms with Crippen LogP contribution in [-0.2, 0) is 16.1 Å². The van der Waals surface area contributed by atoms with Crippen LogP contribution in [0.5, 0.6) is 5.75 Å². The van der Waals surface area contributed by atoms with E-state index in [1.54, 1.807) is 24.3 Å². The number of hydrogen-bond acceptors (Lipinski definition) is 3. The molecule has 2 rings (SSSR count). The van der Waals surface area contributed by atoms with Crippen LogP contribution in [0.3, 0.4) is 0 Å². The SMILES string of the molecule is CCC(C(=O)NC(C)C)N(Cc1ccc(F)cc1)C(=O)COc1ccc(Cl)cc1Cl. The number of carbonyl (C=O) groups excluding carboxylic acids is 2. The number of benzene rings is 2. The Morgan fingerprint density at radius 2 is 1.80 bits per heavy atom. The van der Waals surface area contributed by atoms with Crippen molar-refractivity contribution in [3.63, 3.8) is 0 Å². The second-order valence-electron chi connectivity index (χ2n) is 7.10. The maximum Gasteiger partial charge on any atom is 0.261 e. The Labute approximate surface area is 186 Å². The second kappa shape index (κ2) is 11.2. The number of carbonyl (C=O) groups is 2. The molecule has 1 atom stereocenters. The molecule has 2 aromatic rings. The van der Waals surface area contributed by atoms with E-state index in [0.29, 0.717) is 22.8 Å². The van der Waals surface area contributed by atoms with Gasteiger partial charge in [-0.2, -0.15) is 0 Å². The zero-order valence-corrected chi connectivity index (χ0v) is 18.6. The van der Waals surface area contributed by atoms with Gasteiger partial charge < -0.3 is 15.0 Å². The minimum atomic E-state index is -0.700. The number of hydrogen-bond donors (Lipinski definition) is 1. The molecule has 2 aromatic carbocycles. The van der Waals surface area contributed by atoms with E-state index in [4.69, 9.17) is 27.9 Å². The lowest BCUT2D eigenvalue weighted by molar-refractivity contribution is -0.143. The molecule has 0 bridgehead atoms. The normalized spacial score (nSPS) is 11.8. The first kappa shape index (κ1) is 24.0. The predicted octanol–water partition coefficient (Wildman–Crippen LogP) is 4.84. The summed E-state index contributed by atoms with van der Waals surface area (Å²) in [5.41, 5.74) is 0.699. The molecule has 0 radical (unpaired) electrons. The van der Waals surface area contributed by atoms with Crippen molar-refractivity contribution >= 4 is 35.0 Å². The van der Waals surface area contributed by atoms with E-state index in [9.17, 15) is 14.0 Å². The zero-order valence-electron chi connectivity index (χ0n) is 17.1. The maximum atomic E-state index is 13.3. The Kier molecular flexibility index (Phi) is 8.93. The van der Waals surface area contributed by atoms with Gasteiger partial charge in [-0.25, -0.2) is 4.39 Å². The molecule has 0 aromatic heterocycles. The molecule has 1 unspecified atom stereocenters. The second-order valence-corrected chi connectivity index (χ2v) is 7.94. The molecule has 0 saturated heterocycles. The monoisotopic (exact) mass is 454 g/mol. The van der Waals surface area contributed by atoms with E-state index in [-0.39, 0.29) is 35.9 Å². The summed E-state index contributed by atoms with van der Waals surface area (Å²) >= 11 is 12.0. The smallest absolute Gasteiger partial charge is 0.261 e. The summed E-state index contributed by atoms with van der Waals surface area (Å²) in [5, 5.41) is 3.58. The van der Waals surface area contributed by atoms with Gasteiger partial charge in [-0.3, -0.25) is 9.59 Å². The number of nitrogens with one attached hydrogen (secondary N) is 1. The third-order valence-electron chi connectivity index (χ3n) is 4.33. The summed E-state index contributed by atoms with van der Waals surface area (Å²) in [6.45, 7) is 5.35. The highest BCUT2D eigenvalue weighted by atomic mass is 35.5. The number of amides is 2. The lowest BCUT2D eigenvalue weighted by Gasteiger charge is -2.31. The summed E-state index contributed by atoms with van der Waals surface area (Å²) < 4.78 is 18.8. The molecule has 0 aliphatic heterocycles. The minimum absolute atomic E-state index is 0.0709. The lowest BCUT2D eigenvalue weighted by Crippen LogP contribution is -2.51. The number of ether oxygens (including phenoxy) is 1. The van der Waals surface area contributed by atoms with Gasteiger partial charge in [0.15, 0.2) is 6.61 Å². The first-order valence-corrected chi connectivity index (χ1v) is 10.4. The average molecular weight is 455 g/mol. The van der Waals surface area contributed by atoms with Crippen LogP contribution in [0.2, 0.25) is 10.0 Å². The van der Waals surface area contributed by atoms with Crippen molar-refractivity contribution in [3.05, 3.63) is 63.9 Å². The molecule has 0 spiro atoms. The predicted molar refractivity (Wildman–Crippen MR) is 116 cm³/mol. The number of rotatable bonds is 9. The molecule has 0 aliphatic carbocycles. The van der Waals surface area contributed by atoms with E-state index in [2.05, 4.69) is 5.32 Å². The summed E-state index contributed by atoms with van der Waals surface area (Å²) in [5.74, 6) is -0.707. The van der Waals surface area contributed by atoms with E-state index in [0.717, 1.165) is 0 Å². The van der Waals surface area contributed by atoms with Crippen molar-refractivity contribution in [3.8, 4) is 5.75 Å². The van der Waals surface area contributed by atoms with Gasteiger partial charge in [-0.15, -0.1) is 0 Å². The first-order chi connectivity index (χ1) is 14.2. The van der Waals surface area contributed by atoms with Crippen LogP contribution in [0.15, 0.2) is 42.5 Å². The van der Waals surface area contributed by atoms with Crippen molar-refractivity contribution < 1.29 is 18.7 Å². The summed E-state index contributed by atoms with van der Waals surface area (Å²) in [7, 11) is 0. The standard InChI is InChI=1S/C22H25Cl2FN2O3/c1-4-19(22(29)26-14(2)3)27(12-15-5-8-17(25)9-6-15)21(28)13-30-20-10-7-16(23)11-18(20)24/h5-11,14,19H,4,12-13H2,1-3H3,(H,26,29). The Balaban J connectivity index is 2.22. The van der Waals surface area contributed by atoms with Gasteiger partial charge in [0.25, 0.3) is 5.91 Å². The fraction of sp³-hybridized carbons (Fsp3) is 0.364. The van der Waals surface area contributed by atoms with Crippen molar-refractivity contribution in [2.45, 2.75) is 45.8 Å². The number of halogens is 3. The van der Waals surface area contributed by atoms with Crippen LogP contribution in [-0.4, -0.2) is 35.4 Å². The molecule has 8 heteroatoms. The quantitative estimate of drug-likeness (QED) is 0.589. The topological polar surface area (TPSA) is 58.6 Å². The molecule has 5 nitrogen and oxygen atoms in total. The fourth-order valence-corrected chi connectivity index (χ4v) is 3.36. The molecular formula is C22H25Cl2FN2O3. The van der Waals surface area contributed by atoms with Crippen LogP contribution in [0.1, 0.15) is 32.8 Å². The van der Waals surface area contributed by atoms with Crippen molar-refractivity contribution in [2.75, 3.05) is 6.61 Å². The van der Waals surface area contributed by atoms with Gasteiger partial charge in [0.05, 0.1) is 5.02 Å². The van der Waals surface area contributed by atoms with Crippen molar-refractivity contribution in [1.82, 2.24) is 10.2 Å². The fourth-order valence-electron chi connectivity index (χ4n) is 2.90. The van der Waals surface area contributed by atoms with Crippen LogP contribution in [0.4, 0.5) is 4.39 Å². The van der Waals surface area contributed by atoms with Crippen molar-refractivity contribution in [2.24, 2.45) is 0 Å². The number of nitrogens with zero attached hydrogens (tertiary/aromatic N) is 1.